The van der Waals surface area contributed by atoms with Crippen molar-refractivity contribution >= 4 is 18.6 Å². The highest BCUT2D eigenvalue weighted by Gasteiger charge is 2.50. The van der Waals surface area contributed by atoms with Crippen LogP contribution < -0.4 is 10.2 Å². The largest absolute Gasteiger partial charge is 0.494 e. The number of unbranched alkanes of at least 4 members (excludes halogenated alkanes) is 1. The molecular formula is C31H39BO6. The van der Waals surface area contributed by atoms with Crippen LogP contribution in [-0.4, -0.2) is 49.2 Å². The van der Waals surface area contributed by atoms with Gasteiger partial charge in [0.2, 0.25) is 0 Å². The first-order valence-electron chi connectivity index (χ1n) is 13.7. The van der Waals surface area contributed by atoms with E-state index in [2.05, 4.69) is 18.2 Å². The maximum absolute atomic E-state index is 11.8. The highest BCUT2D eigenvalue weighted by atomic mass is 16.6. The number of benzene rings is 2. The van der Waals surface area contributed by atoms with Crippen LogP contribution in [-0.2, 0) is 18.8 Å². The van der Waals surface area contributed by atoms with E-state index in [1.807, 2.05) is 80.6 Å². The zero-order valence-electron chi connectivity index (χ0n) is 22.4. The highest BCUT2D eigenvalue weighted by molar-refractivity contribution is 6.61. The Hall–Kier alpha value is -2.87. The van der Waals surface area contributed by atoms with Gasteiger partial charge in [-0.05, 0) is 63.0 Å². The molecule has 7 heteroatoms. The van der Waals surface area contributed by atoms with Gasteiger partial charge in [-0.2, -0.15) is 0 Å². The number of aliphatic hydroxyl groups is 1. The smallest absolute Gasteiger partial charge is 0.491 e. The first-order chi connectivity index (χ1) is 18.5. The van der Waals surface area contributed by atoms with Gasteiger partial charge in [-0.25, -0.2) is 0 Å². The molecule has 1 heterocycles. The number of aliphatic hydroxyl groups excluding tert-OH is 1. The predicted octanol–water partition coefficient (Wildman–Crippen LogP) is 4.87. The number of rotatable bonds is 13. The third kappa shape index (κ3) is 8.32. The van der Waals surface area contributed by atoms with E-state index < -0.39 is 6.10 Å². The fraction of sp³-hybridized carbons (Fsp3) is 0.452. The Morgan fingerprint density at radius 3 is 2.50 bits per heavy atom. The normalized spacial score (nSPS) is 23.8. The minimum absolute atomic E-state index is 0.0154. The summed E-state index contributed by atoms with van der Waals surface area (Å²) >= 11 is 0. The third-order valence-electron chi connectivity index (χ3n) is 6.95. The Morgan fingerprint density at radius 1 is 1.05 bits per heavy atom. The second-order valence-electron chi connectivity index (χ2n) is 10.3. The summed E-state index contributed by atoms with van der Waals surface area (Å²) < 4.78 is 23.7. The number of fused-ring (bicyclic) bond motifs is 2. The van der Waals surface area contributed by atoms with Crippen LogP contribution in [0.3, 0.4) is 0 Å². The van der Waals surface area contributed by atoms with Gasteiger partial charge in [0, 0.05) is 18.4 Å². The number of allylic oxidation sites excluding steroid dienone is 2. The van der Waals surface area contributed by atoms with Crippen molar-refractivity contribution in [3.63, 3.8) is 0 Å². The second-order valence-corrected chi connectivity index (χ2v) is 10.3. The zero-order valence-corrected chi connectivity index (χ0v) is 22.4. The van der Waals surface area contributed by atoms with Crippen molar-refractivity contribution in [2.24, 2.45) is 11.8 Å². The number of para-hydroxylation sites is 1. The van der Waals surface area contributed by atoms with Gasteiger partial charge in [0.05, 0.1) is 12.2 Å². The Morgan fingerprint density at radius 2 is 1.76 bits per heavy atom. The van der Waals surface area contributed by atoms with Gasteiger partial charge in [-0.1, -0.05) is 72.8 Å². The molecule has 6 nitrogen and oxygen atoms in total. The third-order valence-corrected chi connectivity index (χ3v) is 6.95. The predicted molar refractivity (Wildman–Crippen MR) is 149 cm³/mol. The average molecular weight is 518 g/mol. The van der Waals surface area contributed by atoms with Gasteiger partial charge < -0.3 is 23.9 Å². The van der Waals surface area contributed by atoms with Gasteiger partial charge >= 0.3 is 13.1 Å². The first-order valence-corrected chi connectivity index (χ1v) is 13.7. The van der Waals surface area contributed by atoms with Gasteiger partial charge in [0.1, 0.15) is 18.5 Å². The monoisotopic (exact) mass is 518 g/mol. The maximum atomic E-state index is 11.8. The van der Waals surface area contributed by atoms with Crippen molar-refractivity contribution in [3.05, 3.63) is 85.0 Å². The van der Waals surface area contributed by atoms with Crippen LogP contribution in [0.5, 0.6) is 5.75 Å². The van der Waals surface area contributed by atoms with Crippen molar-refractivity contribution in [2.45, 2.75) is 70.4 Å². The molecule has 0 amide bonds. The zero-order chi connectivity index (χ0) is 26.7. The molecule has 2 aromatic carbocycles. The standard InChI is InChI=1S/C31H39BO6/c1-23(2)36-31(34)18-12-4-3-11-17-27-28(20-19-25(33)22-35-26-15-9-6-10-16-26)30-21-29(27)37-32(38-30)24-13-7-5-8-14-24/h3,5-11,13-16,19-20,23,25,27-30,33H,4,12,17-18,21-22H2,1-2H3/b11-3-,20-19+/t25?,27-,28-,29+,30-/m1/s1. The lowest BCUT2D eigenvalue weighted by atomic mass is 9.77. The molecule has 2 aliphatic rings. The lowest BCUT2D eigenvalue weighted by molar-refractivity contribution is -0.147. The Bertz CT molecular complexity index is 1040. The average Bonchev–Trinajstić information content (AvgIpc) is 3.16. The molecule has 1 aliphatic heterocycles. The molecule has 0 radical (unpaired) electrons. The number of hydrogen-bond donors (Lipinski definition) is 1. The van der Waals surface area contributed by atoms with E-state index in [0.717, 1.165) is 36.9 Å². The topological polar surface area (TPSA) is 74.2 Å². The van der Waals surface area contributed by atoms with Crippen LogP contribution in [0.25, 0.3) is 0 Å². The Labute approximate surface area is 226 Å². The minimum atomic E-state index is -0.719. The highest BCUT2D eigenvalue weighted by Crippen LogP contribution is 2.43. The molecule has 2 fully saturated rings. The molecule has 2 aromatic rings. The molecule has 38 heavy (non-hydrogen) atoms. The molecule has 1 saturated heterocycles. The molecule has 1 saturated carbocycles. The van der Waals surface area contributed by atoms with E-state index in [-0.39, 0.29) is 49.8 Å². The Balaban J connectivity index is 1.36. The summed E-state index contributed by atoms with van der Waals surface area (Å²) in [4.78, 5) is 11.8. The summed E-state index contributed by atoms with van der Waals surface area (Å²) in [6.07, 6.45) is 11.2. The van der Waals surface area contributed by atoms with Gasteiger partial charge in [-0.15, -0.1) is 0 Å². The fourth-order valence-corrected chi connectivity index (χ4v) is 5.15. The summed E-state index contributed by atoms with van der Waals surface area (Å²) in [6, 6.07) is 19.5. The van der Waals surface area contributed by atoms with E-state index in [1.54, 1.807) is 0 Å². The fourth-order valence-electron chi connectivity index (χ4n) is 5.15. The maximum Gasteiger partial charge on any atom is 0.494 e. The summed E-state index contributed by atoms with van der Waals surface area (Å²) in [5.41, 5.74) is 1.02. The van der Waals surface area contributed by atoms with Crippen LogP contribution in [0.1, 0.15) is 46.0 Å². The van der Waals surface area contributed by atoms with Crippen molar-refractivity contribution in [3.8, 4) is 5.75 Å². The van der Waals surface area contributed by atoms with Crippen molar-refractivity contribution < 1.29 is 28.7 Å². The summed E-state index contributed by atoms with van der Waals surface area (Å²) in [6.45, 7) is 3.92. The quantitative estimate of drug-likeness (QED) is 0.177. The molecule has 1 N–H and O–H groups in total. The van der Waals surface area contributed by atoms with Crippen LogP contribution in [0, 0.1) is 11.8 Å². The number of esters is 1. The van der Waals surface area contributed by atoms with E-state index in [4.69, 9.17) is 18.8 Å². The molecule has 4 rings (SSSR count). The molecule has 0 aromatic heterocycles. The van der Waals surface area contributed by atoms with Crippen LogP contribution >= 0.6 is 0 Å². The van der Waals surface area contributed by atoms with Crippen LogP contribution in [0.4, 0.5) is 0 Å². The van der Waals surface area contributed by atoms with E-state index >= 15 is 0 Å². The van der Waals surface area contributed by atoms with E-state index in [9.17, 15) is 9.90 Å². The molecular weight excluding hydrogens is 479 g/mol. The van der Waals surface area contributed by atoms with Gasteiger partial charge in [0.15, 0.2) is 0 Å². The summed E-state index contributed by atoms with van der Waals surface area (Å²) in [5.74, 6) is 0.940. The first kappa shape index (κ1) is 28.2. The van der Waals surface area contributed by atoms with Crippen molar-refractivity contribution in [1.29, 1.82) is 0 Å². The molecule has 5 atom stereocenters. The SMILES string of the molecule is CC(C)OC(=O)CCC/C=C\C[C@@H]1[C@@H](/C=C/C(O)COc2ccccc2)[C@H]2C[C@@H]1OB(c1ccccc1)O2. The van der Waals surface area contributed by atoms with E-state index in [0.29, 0.717) is 6.42 Å². The molecule has 0 spiro atoms. The van der Waals surface area contributed by atoms with Gasteiger partial charge in [-0.3, -0.25) is 4.79 Å². The number of hydrogen-bond acceptors (Lipinski definition) is 6. The lowest BCUT2D eigenvalue weighted by Crippen LogP contribution is -2.45. The number of carbonyl (C=O) groups excluding carboxylic acids is 1. The van der Waals surface area contributed by atoms with Crippen LogP contribution in [0.15, 0.2) is 85.0 Å². The molecule has 202 valence electrons. The summed E-state index contributed by atoms with van der Waals surface area (Å²) in [7, 11) is -0.386. The van der Waals surface area contributed by atoms with Crippen molar-refractivity contribution in [2.75, 3.05) is 6.61 Å². The minimum Gasteiger partial charge on any atom is -0.491 e. The van der Waals surface area contributed by atoms with Gasteiger partial charge in [0.25, 0.3) is 0 Å². The van der Waals surface area contributed by atoms with Crippen LogP contribution in [0.2, 0.25) is 0 Å². The Kier molecular flexibility index (Phi) is 10.6. The second kappa shape index (κ2) is 14.3. The molecule has 2 bridgehead atoms. The number of carbonyl (C=O) groups is 1. The van der Waals surface area contributed by atoms with Crippen molar-refractivity contribution in [1.82, 2.24) is 0 Å². The number of ether oxygens (including phenoxy) is 2. The molecule has 1 unspecified atom stereocenters. The molecule has 1 aliphatic carbocycles. The van der Waals surface area contributed by atoms with E-state index in [1.165, 1.54) is 0 Å². The summed E-state index contributed by atoms with van der Waals surface area (Å²) in [5, 5.41) is 10.6. The lowest BCUT2D eigenvalue weighted by Gasteiger charge is -2.28.